The predicted octanol–water partition coefficient (Wildman–Crippen LogP) is 0.644. The van der Waals surface area contributed by atoms with Gasteiger partial charge in [0, 0.05) is 20.5 Å². The predicted molar refractivity (Wildman–Crippen MR) is 42.3 cm³/mol. The van der Waals surface area contributed by atoms with Crippen LogP contribution in [-0.4, -0.2) is 37.6 Å². The maximum atomic E-state index is 11.0. The quantitative estimate of drug-likeness (QED) is 0.561. The van der Waals surface area contributed by atoms with Gasteiger partial charge in [0.05, 0.1) is 12.7 Å². The molecule has 1 heterocycles. The Morgan fingerprint density at radius 3 is 2.73 bits per heavy atom. The van der Waals surface area contributed by atoms with Crippen LogP contribution in [0.3, 0.4) is 0 Å². The molecule has 0 aliphatic carbocycles. The van der Waals surface area contributed by atoms with E-state index in [0.29, 0.717) is 12.5 Å². The van der Waals surface area contributed by atoms with Crippen molar-refractivity contribution in [2.45, 2.75) is 25.4 Å². The molecule has 1 aliphatic heterocycles. The summed E-state index contributed by atoms with van der Waals surface area (Å²) in [5, 5.41) is 0. The van der Waals surface area contributed by atoms with Crippen LogP contribution in [0.5, 0.6) is 0 Å². The van der Waals surface area contributed by atoms with Gasteiger partial charge in [-0.2, -0.15) is 0 Å². The van der Waals surface area contributed by atoms with Gasteiger partial charge in [0.2, 0.25) is 5.91 Å². The van der Waals surface area contributed by atoms with Crippen molar-refractivity contribution < 1.29 is 9.53 Å². The van der Waals surface area contributed by atoms with Gasteiger partial charge in [-0.25, -0.2) is 0 Å². The van der Waals surface area contributed by atoms with Crippen molar-refractivity contribution in [2.75, 3.05) is 20.7 Å². The Kier molecular flexibility index (Phi) is 2.88. The highest BCUT2D eigenvalue weighted by Gasteiger charge is 2.21. The standard InChI is InChI=1S/C8H15NO2/c1-9(2)8(10)5-3-4-7-6-11-7/h7H,3-6H2,1-2H3. The van der Waals surface area contributed by atoms with E-state index in [4.69, 9.17) is 4.74 Å². The lowest BCUT2D eigenvalue weighted by molar-refractivity contribution is -0.128. The summed E-state index contributed by atoms with van der Waals surface area (Å²) in [5.41, 5.74) is 0. The van der Waals surface area contributed by atoms with Crippen molar-refractivity contribution in [1.82, 2.24) is 4.90 Å². The fourth-order valence-corrected chi connectivity index (χ4v) is 0.939. The van der Waals surface area contributed by atoms with Crippen LogP contribution in [0.15, 0.2) is 0 Å². The molecule has 1 atom stereocenters. The minimum Gasteiger partial charge on any atom is -0.373 e. The van der Waals surface area contributed by atoms with Crippen molar-refractivity contribution in [3.05, 3.63) is 0 Å². The lowest BCUT2D eigenvalue weighted by atomic mass is 10.2. The summed E-state index contributed by atoms with van der Waals surface area (Å²) in [7, 11) is 3.58. The summed E-state index contributed by atoms with van der Waals surface area (Å²) in [5.74, 6) is 0.214. The molecule has 0 spiro atoms. The van der Waals surface area contributed by atoms with Crippen LogP contribution < -0.4 is 0 Å². The zero-order valence-corrected chi connectivity index (χ0v) is 7.17. The van der Waals surface area contributed by atoms with Gasteiger partial charge in [0.15, 0.2) is 0 Å². The summed E-state index contributed by atoms with van der Waals surface area (Å²) in [6.45, 7) is 0.899. The van der Waals surface area contributed by atoms with Crippen LogP contribution in [0.4, 0.5) is 0 Å². The van der Waals surface area contributed by atoms with Gasteiger partial charge in [-0.3, -0.25) is 4.79 Å². The lowest BCUT2D eigenvalue weighted by Gasteiger charge is -2.08. The first kappa shape index (κ1) is 8.53. The van der Waals surface area contributed by atoms with E-state index >= 15 is 0 Å². The van der Waals surface area contributed by atoms with Gasteiger partial charge in [-0.15, -0.1) is 0 Å². The first-order valence-corrected chi connectivity index (χ1v) is 4.02. The molecule has 0 radical (unpaired) electrons. The number of carbonyl (C=O) groups excluding carboxylic acids is 1. The number of carbonyl (C=O) groups is 1. The Morgan fingerprint density at radius 1 is 1.64 bits per heavy atom. The molecule has 0 aromatic heterocycles. The van der Waals surface area contributed by atoms with Gasteiger partial charge < -0.3 is 9.64 Å². The highest BCUT2D eigenvalue weighted by Crippen LogP contribution is 2.16. The summed E-state index contributed by atoms with van der Waals surface area (Å²) in [6, 6.07) is 0. The van der Waals surface area contributed by atoms with Crippen molar-refractivity contribution >= 4 is 5.91 Å². The second kappa shape index (κ2) is 3.72. The topological polar surface area (TPSA) is 32.8 Å². The highest BCUT2D eigenvalue weighted by molar-refractivity contribution is 5.75. The zero-order chi connectivity index (χ0) is 8.27. The molecule has 0 aromatic carbocycles. The molecule has 11 heavy (non-hydrogen) atoms. The fourth-order valence-electron chi connectivity index (χ4n) is 0.939. The van der Waals surface area contributed by atoms with Gasteiger partial charge in [0.25, 0.3) is 0 Å². The number of epoxide rings is 1. The van der Waals surface area contributed by atoms with Gasteiger partial charge in [-0.1, -0.05) is 0 Å². The third-order valence-electron chi connectivity index (χ3n) is 1.82. The smallest absolute Gasteiger partial charge is 0.222 e. The molecule has 1 aliphatic rings. The van der Waals surface area contributed by atoms with Crippen LogP contribution >= 0.6 is 0 Å². The number of hydrogen-bond donors (Lipinski definition) is 0. The van der Waals surface area contributed by atoms with Crippen LogP contribution in [-0.2, 0) is 9.53 Å². The Bertz CT molecular complexity index is 141. The lowest BCUT2D eigenvalue weighted by Crippen LogP contribution is -2.21. The average molecular weight is 157 g/mol. The molecule has 1 rings (SSSR count). The minimum absolute atomic E-state index is 0.214. The van der Waals surface area contributed by atoms with Crippen molar-refractivity contribution in [2.24, 2.45) is 0 Å². The Balaban J connectivity index is 1.96. The summed E-state index contributed by atoms with van der Waals surface area (Å²) < 4.78 is 5.03. The highest BCUT2D eigenvalue weighted by atomic mass is 16.6. The molecule has 1 amide bonds. The van der Waals surface area contributed by atoms with Crippen LogP contribution in [0, 0.1) is 0 Å². The molecule has 1 saturated heterocycles. The molecular weight excluding hydrogens is 142 g/mol. The largest absolute Gasteiger partial charge is 0.373 e. The minimum atomic E-state index is 0.214. The van der Waals surface area contributed by atoms with Crippen LogP contribution in [0.25, 0.3) is 0 Å². The Morgan fingerprint density at radius 2 is 2.27 bits per heavy atom. The first-order chi connectivity index (χ1) is 5.20. The van der Waals surface area contributed by atoms with E-state index < -0.39 is 0 Å². The van der Waals surface area contributed by atoms with E-state index in [1.807, 2.05) is 0 Å². The maximum absolute atomic E-state index is 11.0. The zero-order valence-electron chi connectivity index (χ0n) is 7.17. The molecule has 3 nitrogen and oxygen atoms in total. The first-order valence-electron chi connectivity index (χ1n) is 4.02. The second-order valence-electron chi connectivity index (χ2n) is 3.14. The molecule has 0 bridgehead atoms. The molecule has 3 heteroatoms. The number of ether oxygens (including phenoxy) is 1. The van der Waals surface area contributed by atoms with E-state index in [1.165, 1.54) is 0 Å². The Labute approximate surface area is 67.3 Å². The van der Waals surface area contributed by atoms with E-state index in [-0.39, 0.29) is 5.91 Å². The number of nitrogens with zero attached hydrogens (tertiary/aromatic N) is 1. The average Bonchev–Trinajstić information content (AvgIpc) is 2.71. The van der Waals surface area contributed by atoms with Crippen molar-refractivity contribution in [3.63, 3.8) is 0 Å². The number of amides is 1. The van der Waals surface area contributed by atoms with E-state index in [9.17, 15) is 4.79 Å². The molecule has 1 unspecified atom stereocenters. The monoisotopic (exact) mass is 157 g/mol. The SMILES string of the molecule is CN(C)C(=O)CCCC1CO1. The van der Waals surface area contributed by atoms with E-state index in [0.717, 1.165) is 19.4 Å². The van der Waals surface area contributed by atoms with Crippen LogP contribution in [0.1, 0.15) is 19.3 Å². The third kappa shape index (κ3) is 3.37. The van der Waals surface area contributed by atoms with Gasteiger partial charge in [0.1, 0.15) is 0 Å². The van der Waals surface area contributed by atoms with Gasteiger partial charge in [-0.05, 0) is 12.8 Å². The Hall–Kier alpha value is -0.570. The summed E-state index contributed by atoms with van der Waals surface area (Å²) >= 11 is 0. The second-order valence-corrected chi connectivity index (χ2v) is 3.14. The number of rotatable bonds is 4. The molecule has 64 valence electrons. The molecule has 0 N–H and O–H groups in total. The third-order valence-corrected chi connectivity index (χ3v) is 1.82. The van der Waals surface area contributed by atoms with Crippen molar-refractivity contribution in [1.29, 1.82) is 0 Å². The maximum Gasteiger partial charge on any atom is 0.222 e. The van der Waals surface area contributed by atoms with E-state index in [1.54, 1.807) is 19.0 Å². The fraction of sp³-hybridized carbons (Fsp3) is 0.875. The van der Waals surface area contributed by atoms with Crippen molar-refractivity contribution in [3.8, 4) is 0 Å². The molecular formula is C8H15NO2. The normalized spacial score (nSPS) is 21.5. The van der Waals surface area contributed by atoms with Crippen LogP contribution in [0.2, 0.25) is 0 Å². The summed E-state index contributed by atoms with van der Waals surface area (Å²) in [4.78, 5) is 12.7. The molecule has 1 fully saturated rings. The number of hydrogen-bond acceptors (Lipinski definition) is 2. The van der Waals surface area contributed by atoms with E-state index in [2.05, 4.69) is 0 Å². The molecule has 0 aromatic rings. The molecule has 0 saturated carbocycles. The van der Waals surface area contributed by atoms with Gasteiger partial charge >= 0.3 is 0 Å². The summed E-state index contributed by atoms with van der Waals surface area (Å²) in [6.07, 6.45) is 3.12.